The lowest BCUT2D eigenvalue weighted by atomic mass is 10.1. The number of hydrogen-bond donors (Lipinski definition) is 1. The van der Waals surface area contributed by atoms with Crippen LogP contribution in [0.2, 0.25) is 0 Å². The molecule has 3 atom stereocenters. The maximum atomic E-state index is 12.4. The maximum Gasteiger partial charge on any atom is 0.236 e. The van der Waals surface area contributed by atoms with Crippen molar-refractivity contribution in [1.82, 2.24) is 15.1 Å². The lowest BCUT2D eigenvalue weighted by molar-refractivity contribution is -0.132. The molecule has 0 radical (unpaired) electrons. The summed E-state index contributed by atoms with van der Waals surface area (Å²) in [6, 6.07) is 0.356. The van der Waals surface area contributed by atoms with Crippen molar-refractivity contribution >= 4 is 30.7 Å². The molecule has 1 amide bonds. The van der Waals surface area contributed by atoms with E-state index in [9.17, 15) is 4.79 Å². The van der Waals surface area contributed by atoms with E-state index in [0.29, 0.717) is 19.2 Å². The summed E-state index contributed by atoms with van der Waals surface area (Å²) in [5.41, 5.74) is 0. The number of carbonyl (C=O) groups is 1. The van der Waals surface area contributed by atoms with Gasteiger partial charge in [-0.3, -0.25) is 9.69 Å². The number of rotatable bonds is 7. The van der Waals surface area contributed by atoms with Gasteiger partial charge in [0.05, 0.1) is 25.4 Å². The van der Waals surface area contributed by atoms with Crippen LogP contribution in [0.25, 0.3) is 0 Å². The Balaban J connectivity index is 0.00000264. The molecule has 6 nitrogen and oxygen atoms in total. The van der Waals surface area contributed by atoms with Gasteiger partial charge in [0, 0.05) is 45.9 Å². The summed E-state index contributed by atoms with van der Waals surface area (Å²) in [5.74, 6) is 0.216. The standard InChI is InChI=1S/C16H31N3O3.2ClH/c1-13-10-18(11-14(2)22-13)12-15-5-4-7-19(15)16(20)9-17-6-8-21-3;;/h13-15,17H,4-12H2,1-3H3;2*1H. The number of nitrogens with zero attached hydrogens (tertiary/aromatic N) is 2. The Morgan fingerprint density at radius 3 is 2.54 bits per heavy atom. The van der Waals surface area contributed by atoms with E-state index in [-0.39, 0.29) is 42.9 Å². The van der Waals surface area contributed by atoms with Crippen molar-refractivity contribution in [1.29, 1.82) is 0 Å². The SMILES string of the molecule is COCCNCC(=O)N1CCCC1CN1CC(C)OC(C)C1.Cl.Cl. The van der Waals surface area contributed by atoms with Gasteiger partial charge in [0.1, 0.15) is 0 Å². The minimum atomic E-state index is 0. The van der Waals surface area contributed by atoms with Gasteiger partial charge in [-0.05, 0) is 26.7 Å². The number of ether oxygens (including phenoxy) is 2. The summed E-state index contributed by atoms with van der Waals surface area (Å²) >= 11 is 0. The highest BCUT2D eigenvalue weighted by Crippen LogP contribution is 2.20. The number of hydrogen-bond acceptors (Lipinski definition) is 5. The Kier molecular flexibility index (Phi) is 12.2. The fraction of sp³-hybridized carbons (Fsp3) is 0.938. The van der Waals surface area contributed by atoms with E-state index in [1.807, 2.05) is 0 Å². The molecular formula is C16H33Cl2N3O3. The van der Waals surface area contributed by atoms with Crippen molar-refractivity contribution < 1.29 is 14.3 Å². The molecule has 24 heavy (non-hydrogen) atoms. The van der Waals surface area contributed by atoms with Crippen LogP contribution in [-0.4, -0.2) is 86.9 Å². The Labute approximate surface area is 158 Å². The van der Waals surface area contributed by atoms with Crippen LogP contribution in [0.5, 0.6) is 0 Å². The van der Waals surface area contributed by atoms with Gasteiger partial charge in [0.2, 0.25) is 5.91 Å². The molecule has 8 heteroatoms. The largest absolute Gasteiger partial charge is 0.383 e. The molecule has 2 aliphatic rings. The second kappa shape index (κ2) is 12.3. The van der Waals surface area contributed by atoms with Crippen LogP contribution < -0.4 is 5.32 Å². The van der Waals surface area contributed by atoms with Gasteiger partial charge in [-0.25, -0.2) is 0 Å². The lowest BCUT2D eigenvalue weighted by Gasteiger charge is -2.38. The van der Waals surface area contributed by atoms with Gasteiger partial charge in [-0.15, -0.1) is 24.8 Å². The molecule has 0 spiro atoms. The average molecular weight is 386 g/mol. The van der Waals surface area contributed by atoms with Gasteiger partial charge in [-0.1, -0.05) is 0 Å². The summed E-state index contributed by atoms with van der Waals surface area (Å²) in [7, 11) is 1.67. The van der Waals surface area contributed by atoms with Crippen LogP contribution in [-0.2, 0) is 14.3 Å². The van der Waals surface area contributed by atoms with Crippen molar-refractivity contribution in [2.24, 2.45) is 0 Å². The third kappa shape index (κ3) is 7.42. The Morgan fingerprint density at radius 2 is 1.92 bits per heavy atom. The minimum absolute atomic E-state index is 0. The molecule has 2 saturated heterocycles. The molecule has 0 saturated carbocycles. The summed E-state index contributed by atoms with van der Waals surface area (Å²) in [5, 5.41) is 3.15. The van der Waals surface area contributed by atoms with Gasteiger partial charge < -0.3 is 19.7 Å². The molecule has 2 rings (SSSR count). The second-order valence-corrected chi connectivity index (χ2v) is 6.53. The number of carbonyl (C=O) groups excluding carboxylic acids is 1. The highest BCUT2D eigenvalue weighted by molar-refractivity contribution is 5.85. The van der Waals surface area contributed by atoms with Crippen molar-refractivity contribution in [2.45, 2.75) is 44.9 Å². The first kappa shape index (κ1) is 23.9. The van der Waals surface area contributed by atoms with E-state index in [1.165, 1.54) is 0 Å². The number of likely N-dealkylation sites (tertiary alicyclic amines) is 1. The third-order valence-electron chi connectivity index (χ3n) is 4.42. The molecule has 2 aliphatic heterocycles. The lowest BCUT2D eigenvalue weighted by Crippen LogP contribution is -2.51. The van der Waals surface area contributed by atoms with E-state index in [1.54, 1.807) is 7.11 Å². The first-order valence-electron chi connectivity index (χ1n) is 8.47. The first-order chi connectivity index (χ1) is 10.6. The topological polar surface area (TPSA) is 54.0 Å². The number of morpholine rings is 1. The number of methoxy groups -OCH3 is 1. The van der Waals surface area contributed by atoms with E-state index >= 15 is 0 Å². The minimum Gasteiger partial charge on any atom is -0.383 e. The molecule has 0 aromatic heterocycles. The molecule has 0 aromatic carbocycles. The van der Waals surface area contributed by atoms with Crippen LogP contribution >= 0.6 is 24.8 Å². The van der Waals surface area contributed by atoms with Crippen LogP contribution in [0.4, 0.5) is 0 Å². The zero-order valence-electron chi connectivity index (χ0n) is 15.0. The van der Waals surface area contributed by atoms with Crippen molar-refractivity contribution in [2.75, 3.05) is 53.0 Å². The molecule has 0 aliphatic carbocycles. The zero-order chi connectivity index (χ0) is 15.9. The molecule has 2 heterocycles. The normalized spacial score (nSPS) is 27.5. The van der Waals surface area contributed by atoms with Gasteiger partial charge in [0.25, 0.3) is 0 Å². The monoisotopic (exact) mass is 385 g/mol. The predicted octanol–water partition coefficient (Wildman–Crippen LogP) is 1.17. The fourth-order valence-electron chi connectivity index (χ4n) is 3.56. The van der Waals surface area contributed by atoms with E-state index in [4.69, 9.17) is 9.47 Å². The molecule has 0 bridgehead atoms. The van der Waals surface area contributed by atoms with E-state index in [0.717, 1.165) is 45.6 Å². The van der Waals surface area contributed by atoms with Crippen LogP contribution in [0.1, 0.15) is 26.7 Å². The summed E-state index contributed by atoms with van der Waals surface area (Å²) in [6.45, 7) is 9.83. The highest BCUT2D eigenvalue weighted by Gasteiger charge is 2.32. The highest BCUT2D eigenvalue weighted by atomic mass is 35.5. The fourth-order valence-corrected chi connectivity index (χ4v) is 3.56. The molecule has 3 unspecified atom stereocenters. The van der Waals surface area contributed by atoms with Crippen molar-refractivity contribution in [3.8, 4) is 0 Å². The van der Waals surface area contributed by atoms with E-state index in [2.05, 4.69) is 29.0 Å². The quantitative estimate of drug-likeness (QED) is 0.666. The van der Waals surface area contributed by atoms with Gasteiger partial charge >= 0.3 is 0 Å². The number of halogens is 2. The number of amides is 1. The third-order valence-corrected chi connectivity index (χ3v) is 4.42. The Morgan fingerprint density at radius 1 is 1.25 bits per heavy atom. The smallest absolute Gasteiger partial charge is 0.236 e. The van der Waals surface area contributed by atoms with E-state index < -0.39 is 0 Å². The first-order valence-corrected chi connectivity index (χ1v) is 8.47. The van der Waals surface area contributed by atoms with Crippen molar-refractivity contribution in [3.63, 3.8) is 0 Å². The molecule has 1 N–H and O–H groups in total. The molecule has 144 valence electrons. The number of nitrogens with one attached hydrogen (secondary N) is 1. The van der Waals surface area contributed by atoms with Crippen LogP contribution in [0.3, 0.4) is 0 Å². The zero-order valence-corrected chi connectivity index (χ0v) is 16.7. The summed E-state index contributed by atoms with van der Waals surface area (Å²) in [4.78, 5) is 16.9. The Hall–Kier alpha value is -0.110. The van der Waals surface area contributed by atoms with Crippen LogP contribution in [0, 0.1) is 0 Å². The summed E-state index contributed by atoms with van der Waals surface area (Å²) < 4.78 is 10.8. The van der Waals surface area contributed by atoms with Crippen LogP contribution in [0.15, 0.2) is 0 Å². The maximum absolute atomic E-state index is 12.4. The summed E-state index contributed by atoms with van der Waals surface area (Å²) in [6.07, 6.45) is 2.79. The second-order valence-electron chi connectivity index (χ2n) is 6.53. The molecular weight excluding hydrogens is 353 g/mol. The van der Waals surface area contributed by atoms with Crippen molar-refractivity contribution in [3.05, 3.63) is 0 Å². The van der Waals surface area contributed by atoms with Gasteiger partial charge in [0.15, 0.2) is 0 Å². The average Bonchev–Trinajstić information content (AvgIpc) is 2.90. The predicted molar refractivity (Wildman–Crippen MR) is 100 cm³/mol. The molecule has 0 aromatic rings. The molecule has 2 fully saturated rings. The van der Waals surface area contributed by atoms with Gasteiger partial charge in [-0.2, -0.15) is 0 Å². The Bertz CT molecular complexity index is 353.